The number of esters is 2. The maximum atomic E-state index is 12.3. The fraction of sp³-hybridized carbons (Fsp3) is 0.600. The molecule has 1 aromatic rings. The van der Waals surface area contributed by atoms with Crippen molar-refractivity contribution in [2.24, 2.45) is 0 Å². The summed E-state index contributed by atoms with van der Waals surface area (Å²) in [4.78, 5) is 24.4. The van der Waals surface area contributed by atoms with E-state index in [-0.39, 0.29) is 82.1 Å². The molecule has 0 aromatic heterocycles. The van der Waals surface area contributed by atoms with Crippen LogP contribution in [-0.2, 0) is 19.6 Å². The van der Waals surface area contributed by atoms with Crippen LogP contribution in [-0.4, -0.2) is 43.9 Å². The van der Waals surface area contributed by atoms with Crippen LogP contribution in [0, 0.1) is 0 Å². The standard InChI is InChI=1S/C20H30O7S.K/c1-2-3-4-5-6-7-10-14-26-19(21)17-12-8-9-13-18(17)20(22)27-15-11-16-28(23,24)25;/h8-9,12-13H,2-7,10-11,14-16H2,1H3,(H,23,24,25);/q;+1/p-1. The first-order valence-electron chi connectivity index (χ1n) is 9.72. The summed E-state index contributed by atoms with van der Waals surface area (Å²) in [5.74, 6) is -1.96. The maximum Gasteiger partial charge on any atom is 1.00 e. The molecule has 0 saturated carbocycles. The van der Waals surface area contributed by atoms with Gasteiger partial charge in [0.15, 0.2) is 0 Å². The molecule has 0 aliphatic heterocycles. The van der Waals surface area contributed by atoms with Crippen LogP contribution >= 0.6 is 0 Å². The number of carbonyl (C=O) groups excluding carboxylic acids is 2. The molecule has 1 rings (SSSR count). The van der Waals surface area contributed by atoms with Gasteiger partial charge in [-0.15, -0.1) is 0 Å². The minimum Gasteiger partial charge on any atom is -0.748 e. The normalized spacial score (nSPS) is 10.8. The summed E-state index contributed by atoms with van der Waals surface area (Å²) in [6.07, 6.45) is 7.64. The predicted octanol–water partition coefficient (Wildman–Crippen LogP) is 0.690. The molecule has 0 saturated heterocycles. The van der Waals surface area contributed by atoms with Gasteiger partial charge in [0.05, 0.1) is 34.5 Å². The van der Waals surface area contributed by atoms with Gasteiger partial charge in [0.2, 0.25) is 0 Å². The first-order chi connectivity index (χ1) is 13.3. The quantitative estimate of drug-likeness (QED) is 0.177. The molecule has 0 spiro atoms. The van der Waals surface area contributed by atoms with E-state index < -0.39 is 27.8 Å². The van der Waals surface area contributed by atoms with Gasteiger partial charge in [0.25, 0.3) is 0 Å². The zero-order valence-corrected chi connectivity index (χ0v) is 21.3. The van der Waals surface area contributed by atoms with E-state index in [1.54, 1.807) is 12.1 Å². The molecule has 0 heterocycles. The summed E-state index contributed by atoms with van der Waals surface area (Å²) < 4.78 is 41.8. The molecule has 158 valence electrons. The van der Waals surface area contributed by atoms with Gasteiger partial charge < -0.3 is 14.0 Å². The van der Waals surface area contributed by atoms with Crippen molar-refractivity contribution >= 4 is 22.1 Å². The van der Waals surface area contributed by atoms with Crippen molar-refractivity contribution < 1.29 is 83.4 Å². The number of benzene rings is 1. The van der Waals surface area contributed by atoms with E-state index in [2.05, 4.69) is 6.92 Å². The van der Waals surface area contributed by atoms with Crippen LogP contribution in [0.25, 0.3) is 0 Å². The number of hydrogen-bond donors (Lipinski definition) is 0. The molecule has 7 nitrogen and oxygen atoms in total. The topological polar surface area (TPSA) is 110 Å². The Balaban J connectivity index is 0.00000784. The zero-order chi connectivity index (χ0) is 20.8. The second kappa shape index (κ2) is 16.4. The van der Waals surface area contributed by atoms with Gasteiger partial charge in [-0.1, -0.05) is 57.6 Å². The third-order valence-electron chi connectivity index (χ3n) is 4.12. The molecule has 0 atom stereocenters. The molecule has 9 heteroatoms. The van der Waals surface area contributed by atoms with Gasteiger partial charge in [-0.2, -0.15) is 0 Å². The molecule has 29 heavy (non-hydrogen) atoms. The molecule has 0 radical (unpaired) electrons. The van der Waals surface area contributed by atoms with Crippen LogP contribution in [0.4, 0.5) is 0 Å². The van der Waals surface area contributed by atoms with Crippen LogP contribution in [0.3, 0.4) is 0 Å². The van der Waals surface area contributed by atoms with Gasteiger partial charge in [-0.3, -0.25) is 0 Å². The number of hydrogen-bond acceptors (Lipinski definition) is 7. The van der Waals surface area contributed by atoms with Gasteiger partial charge >= 0.3 is 63.3 Å². The van der Waals surface area contributed by atoms with Gasteiger partial charge in [-0.25, -0.2) is 18.0 Å². The summed E-state index contributed by atoms with van der Waals surface area (Å²) in [7, 11) is -4.35. The SMILES string of the molecule is CCCCCCCCCOC(=O)c1ccccc1C(=O)OCCCS(=O)(=O)[O-].[K+]. The van der Waals surface area contributed by atoms with Crippen molar-refractivity contribution in [2.45, 2.75) is 58.3 Å². The molecule has 0 unspecified atom stereocenters. The summed E-state index contributed by atoms with van der Waals surface area (Å²) in [6.45, 7) is 2.24. The van der Waals surface area contributed by atoms with E-state index in [4.69, 9.17) is 9.47 Å². The Hall–Kier alpha value is -0.294. The van der Waals surface area contributed by atoms with Crippen LogP contribution in [0.15, 0.2) is 24.3 Å². The van der Waals surface area contributed by atoms with E-state index in [9.17, 15) is 22.6 Å². The Labute approximate surface area is 216 Å². The van der Waals surface area contributed by atoms with E-state index in [1.165, 1.54) is 37.8 Å². The molecule has 1 aromatic carbocycles. The van der Waals surface area contributed by atoms with Crippen molar-refractivity contribution in [1.29, 1.82) is 0 Å². The fourth-order valence-corrected chi connectivity index (χ4v) is 3.09. The third-order valence-corrected chi connectivity index (χ3v) is 4.91. The van der Waals surface area contributed by atoms with Gasteiger partial charge in [0.1, 0.15) is 0 Å². The van der Waals surface area contributed by atoms with Gasteiger partial charge in [0, 0.05) is 5.75 Å². The smallest absolute Gasteiger partial charge is 0.748 e. The van der Waals surface area contributed by atoms with Crippen LogP contribution in [0.1, 0.15) is 79.0 Å². The van der Waals surface area contributed by atoms with E-state index >= 15 is 0 Å². The van der Waals surface area contributed by atoms with Gasteiger partial charge in [-0.05, 0) is 25.0 Å². The Bertz CT molecular complexity index is 719. The Morgan fingerprint density at radius 2 is 1.28 bits per heavy atom. The Morgan fingerprint density at radius 3 is 1.76 bits per heavy atom. The Kier molecular flexibility index (Phi) is 16.2. The van der Waals surface area contributed by atoms with E-state index in [0.717, 1.165) is 19.3 Å². The molecule has 0 aliphatic carbocycles. The zero-order valence-electron chi connectivity index (χ0n) is 17.4. The van der Waals surface area contributed by atoms with Crippen molar-refractivity contribution in [3.05, 3.63) is 35.4 Å². The Morgan fingerprint density at radius 1 is 0.828 bits per heavy atom. The molecular weight excluding hydrogens is 423 g/mol. The van der Waals surface area contributed by atoms with Crippen LogP contribution in [0.2, 0.25) is 0 Å². The molecule has 0 fully saturated rings. The average Bonchev–Trinajstić information content (AvgIpc) is 2.66. The number of ether oxygens (including phenoxy) is 2. The molecular formula is C20H29KO7S. The largest absolute Gasteiger partial charge is 1.00 e. The minimum absolute atomic E-state index is 0. The first kappa shape index (κ1) is 28.7. The fourth-order valence-electron chi connectivity index (χ4n) is 2.62. The number of unbranched alkanes of at least 4 members (excludes halogenated alkanes) is 6. The van der Waals surface area contributed by atoms with Crippen LogP contribution < -0.4 is 51.4 Å². The molecule has 0 amide bonds. The summed E-state index contributed by atoms with van der Waals surface area (Å²) in [5, 5.41) is 0. The molecule has 0 N–H and O–H groups in total. The maximum absolute atomic E-state index is 12.3. The summed E-state index contributed by atoms with van der Waals surface area (Å²) in [5.41, 5.74) is 0.156. The second-order valence-electron chi connectivity index (χ2n) is 6.55. The first-order valence-corrected chi connectivity index (χ1v) is 11.3. The third kappa shape index (κ3) is 13.6. The van der Waals surface area contributed by atoms with Crippen molar-refractivity contribution in [3.63, 3.8) is 0 Å². The predicted molar refractivity (Wildman–Crippen MR) is 104 cm³/mol. The van der Waals surface area contributed by atoms with Crippen molar-refractivity contribution in [1.82, 2.24) is 0 Å². The summed E-state index contributed by atoms with van der Waals surface area (Å²) in [6, 6.07) is 6.12. The monoisotopic (exact) mass is 452 g/mol. The van der Waals surface area contributed by atoms with Crippen LogP contribution in [0.5, 0.6) is 0 Å². The number of rotatable bonds is 14. The summed E-state index contributed by atoms with van der Waals surface area (Å²) >= 11 is 0. The average molecular weight is 453 g/mol. The van der Waals surface area contributed by atoms with E-state index in [0.29, 0.717) is 0 Å². The van der Waals surface area contributed by atoms with Crippen molar-refractivity contribution in [3.8, 4) is 0 Å². The van der Waals surface area contributed by atoms with Crippen molar-refractivity contribution in [2.75, 3.05) is 19.0 Å². The number of carbonyl (C=O) groups is 2. The minimum atomic E-state index is -4.35. The van der Waals surface area contributed by atoms with E-state index in [1.807, 2.05) is 0 Å². The second-order valence-corrected chi connectivity index (χ2v) is 8.08. The molecule has 0 bridgehead atoms. The molecule has 0 aliphatic rings.